The lowest BCUT2D eigenvalue weighted by Crippen LogP contribution is -2.40. The topological polar surface area (TPSA) is 44.8 Å². The van der Waals surface area contributed by atoms with Crippen LogP contribution < -0.4 is 4.74 Å². The molecule has 1 aromatic heterocycles. The summed E-state index contributed by atoms with van der Waals surface area (Å²) in [6.45, 7) is 15.7. The normalized spacial score (nSPS) is 12.7. The second-order valence-corrected chi connectivity index (χ2v) is 14.7. The molecule has 2 aromatic rings. The van der Waals surface area contributed by atoms with Crippen LogP contribution in [-0.2, 0) is 15.8 Å². The third kappa shape index (κ3) is 6.46. The number of esters is 1. The van der Waals surface area contributed by atoms with Crippen LogP contribution >= 0.6 is 11.3 Å². The van der Waals surface area contributed by atoms with Crippen LogP contribution in [0.25, 0.3) is 0 Å². The quantitative estimate of drug-likeness (QED) is 0.372. The Morgan fingerprint density at radius 1 is 1.11 bits per heavy atom. The van der Waals surface area contributed by atoms with Crippen molar-refractivity contribution in [1.29, 1.82) is 0 Å². The number of hydrogen-bond donors (Lipinski definition) is 0. The Morgan fingerprint density at radius 3 is 2.43 bits per heavy atom. The van der Waals surface area contributed by atoms with Crippen LogP contribution in [0, 0.1) is 0 Å². The van der Waals surface area contributed by atoms with Crippen molar-refractivity contribution in [3.8, 4) is 5.75 Å². The summed E-state index contributed by atoms with van der Waals surface area (Å²) >= 11 is 1.47. The number of carbonyl (C=O) groups is 1. The van der Waals surface area contributed by atoms with Crippen LogP contribution in [-0.4, -0.2) is 26.5 Å². The third-order valence-corrected chi connectivity index (χ3v) is 10.2. The number of thiophene rings is 1. The Morgan fingerprint density at radius 2 is 1.82 bits per heavy atom. The van der Waals surface area contributed by atoms with Gasteiger partial charge in [-0.3, -0.25) is 0 Å². The van der Waals surface area contributed by atoms with Crippen molar-refractivity contribution in [2.75, 3.05) is 6.61 Å². The highest BCUT2D eigenvalue weighted by atomic mass is 32.1. The van der Waals surface area contributed by atoms with Crippen molar-refractivity contribution in [3.05, 3.63) is 52.2 Å². The van der Waals surface area contributed by atoms with E-state index in [2.05, 4.69) is 33.9 Å². The van der Waals surface area contributed by atoms with Gasteiger partial charge in [-0.05, 0) is 61.1 Å². The van der Waals surface area contributed by atoms with Crippen molar-refractivity contribution in [1.82, 2.24) is 0 Å². The Balaban J connectivity index is 1.92. The van der Waals surface area contributed by atoms with Gasteiger partial charge < -0.3 is 13.9 Å². The standard InChI is InChI=1S/C22H32O4SSi/c1-21(2,3)28(6,7)25-14-17-9-8-10-19(13-17)24-16-22(4,5)26-20(23)18-11-12-27-15-18/h8-13,15H,14,16H2,1-7H3. The lowest BCUT2D eigenvalue weighted by molar-refractivity contribution is -0.0212. The Kier molecular flexibility index (Phi) is 7.12. The van der Waals surface area contributed by atoms with Gasteiger partial charge in [-0.2, -0.15) is 11.3 Å². The van der Waals surface area contributed by atoms with Gasteiger partial charge in [0, 0.05) is 5.38 Å². The fourth-order valence-corrected chi connectivity index (χ4v) is 3.77. The van der Waals surface area contributed by atoms with Crippen molar-refractivity contribution in [3.63, 3.8) is 0 Å². The molecule has 4 nitrogen and oxygen atoms in total. The summed E-state index contributed by atoms with van der Waals surface area (Å²) in [5.74, 6) is 0.419. The summed E-state index contributed by atoms with van der Waals surface area (Å²) in [5, 5.41) is 3.82. The minimum Gasteiger partial charge on any atom is -0.489 e. The molecular weight excluding hydrogens is 388 g/mol. The van der Waals surface area contributed by atoms with Crippen LogP contribution in [0.15, 0.2) is 41.1 Å². The molecular formula is C22H32O4SSi. The molecule has 0 radical (unpaired) electrons. The zero-order chi connectivity index (χ0) is 21.0. The average Bonchev–Trinajstić information content (AvgIpc) is 3.12. The van der Waals surface area contributed by atoms with Gasteiger partial charge in [0.1, 0.15) is 18.0 Å². The summed E-state index contributed by atoms with van der Waals surface area (Å²) in [6.07, 6.45) is 0. The molecule has 0 atom stereocenters. The zero-order valence-corrected chi connectivity index (χ0v) is 19.8. The Labute approximate surface area is 174 Å². The molecule has 0 saturated carbocycles. The van der Waals surface area contributed by atoms with Gasteiger partial charge in [0.05, 0.1) is 12.2 Å². The first-order valence-electron chi connectivity index (χ1n) is 9.51. The summed E-state index contributed by atoms with van der Waals surface area (Å²) in [6, 6.07) is 9.66. The van der Waals surface area contributed by atoms with Gasteiger partial charge in [0.25, 0.3) is 0 Å². The lowest BCUT2D eigenvalue weighted by atomic mass is 10.1. The molecule has 0 amide bonds. The van der Waals surface area contributed by atoms with Gasteiger partial charge in [0.15, 0.2) is 8.32 Å². The SMILES string of the molecule is CC(C)(COc1cccc(CO[Si](C)(C)C(C)(C)C)c1)OC(=O)c1ccsc1. The molecule has 28 heavy (non-hydrogen) atoms. The number of rotatable bonds is 8. The Bertz CT molecular complexity index is 776. The molecule has 0 bridgehead atoms. The van der Waals surface area contributed by atoms with Crippen LogP contribution in [0.3, 0.4) is 0 Å². The second-order valence-electron chi connectivity index (χ2n) is 9.15. The van der Waals surface area contributed by atoms with E-state index >= 15 is 0 Å². The highest BCUT2D eigenvalue weighted by Gasteiger charge is 2.37. The van der Waals surface area contributed by atoms with E-state index in [9.17, 15) is 4.79 Å². The first-order valence-corrected chi connectivity index (χ1v) is 13.4. The molecule has 0 aliphatic rings. The van der Waals surface area contributed by atoms with Crippen molar-refractivity contribution < 1.29 is 18.7 Å². The summed E-state index contributed by atoms with van der Waals surface area (Å²) in [7, 11) is -1.80. The predicted molar refractivity (Wildman–Crippen MR) is 118 cm³/mol. The number of benzene rings is 1. The summed E-state index contributed by atoms with van der Waals surface area (Å²) in [5.41, 5.74) is 0.922. The van der Waals surface area contributed by atoms with E-state index in [4.69, 9.17) is 13.9 Å². The molecule has 0 N–H and O–H groups in total. The Hall–Kier alpha value is -1.63. The highest BCUT2D eigenvalue weighted by Crippen LogP contribution is 2.37. The van der Waals surface area contributed by atoms with Crippen LogP contribution in [0.4, 0.5) is 0 Å². The highest BCUT2D eigenvalue weighted by molar-refractivity contribution is 7.08. The zero-order valence-electron chi connectivity index (χ0n) is 18.0. The smallest absolute Gasteiger partial charge is 0.339 e. The van der Waals surface area contributed by atoms with Crippen LogP contribution in [0.2, 0.25) is 18.1 Å². The van der Waals surface area contributed by atoms with Gasteiger partial charge in [-0.1, -0.05) is 32.9 Å². The van der Waals surface area contributed by atoms with E-state index in [0.29, 0.717) is 12.2 Å². The molecule has 0 fully saturated rings. The molecule has 0 saturated heterocycles. The fraction of sp³-hybridized carbons (Fsp3) is 0.500. The molecule has 1 aromatic carbocycles. The molecule has 0 unspecified atom stereocenters. The van der Waals surface area contributed by atoms with Crippen LogP contribution in [0.1, 0.15) is 50.5 Å². The van der Waals surface area contributed by atoms with Gasteiger partial charge in [-0.15, -0.1) is 0 Å². The molecule has 0 aliphatic carbocycles. The molecule has 0 spiro atoms. The maximum Gasteiger partial charge on any atom is 0.339 e. The lowest BCUT2D eigenvalue weighted by Gasteiger charge is -2.36. The minimum absolute atomic E-state index is 0.178. The molecule has 6 heteroatoms. The minimum atomic E-state index is -1.80. The van der Waals surface area contributed by atoms with E-state index in [-0.39, 0.29) is 17.6 Å². The number of carbonyl (C=O) groups excluding carboxylic acids is 1. The predicted octanol–water partition coefficient (Wildman–Crippen LogP) is 6.28. The van der Waals surface area contributed by atoms with E-state index in [1.807, 2.05) is 43.5 Å². The largest absolute Gasteiger partial charge is 0.489 e. The first-order chi connectivity index (χ1) is 12.9. The third-order valence-electron chi connectivity index (χ3n) is 5.02. The second kappa shape index (κ2) is 8.80. The van der Waals surface area contributed by atoms with E-state index < -0.39 is 13.9 Å². The van der Waals surface area contributed by atoms with E-state index in [1.54, 1.807) is 11.4 Å². The average molecular weight is 421 g/mol. The van der Waals surface area contributed by atoms with Gasteiger partial charge in [0.2, 0.25) is 0 Å². The maximum absolute atomic E-state index is 12.2. The summed E-state index contributed by atoms with van der Waals surface area (Å²) in [4.78, 5) is 12.2. The van der Waals surface area contributed by atoms with Crippen LogP contribution in [0.5, 0.6) is 5.75 Å². The van der Waals surface area contributed by atoms with Crippen molar-refractivity contribution in [2.24, 2.45) is 0 Å². The van der Waals surface area contributed by atoms with Gasteiger partial charge >= 0.3 is 5.97 Å². The van der Waals surface area contributed by atoms with Gasteiger partial charge in [-0.25, -0.2) is 4.79 Å². The number of hydrogen-bond acceptors (Lipinski definition) is 5. The molecule has 1 heterocycles. The summed E-state index contributed by atoms with van der Waals surface area (Å²) < 4.78 is 17.8. The molecule has 2 rings (SSSR count). The monoisotopic (exact) mass is 420 g/mol. The number of ether oxygens (including phenoxy) is 2. The molecule has 154 valence electrons. The molecule has 0 aliphatic heterocycles. The van der Waals surface area contributed by atoms with Crippen molar-refractivity contribution >= 4 is 25.6 Å². The maximum atomic E-state index is 12.2. The van der Waals surface area contributed by atoms with Crippen molar-refractivity contribution in [2.45, 2.75) is 65.0 Å². The first kappa shape index (κ1) is 22.7. The van der Waals surface area contributed by atoms with E-state index in [1.165, 1.54) is 11.3 Å². The van der Waals surface area contributed by atoms with E-state index in [0.717, 1.165) is 11.3 Å². The fourth-order valence-electron chi connectivity index (χ4n) is 2.18.